The van der Waals surface area contributed by atoms with Gasteiger partial charge in [0, 0.05) is 33.4 Å². The molecule has 0 aliphatic carbocycles. The minimum absolute atomic E-state index is 0.515. The summed E-state index contributed by atoms with van der Waals surface area (Å²) in [6.45, 7) is 0. The Balaban J connectivity index is 2.36. The molecule has 0 fully saturated rings. The van der Waals surface area contributed by atoms with Gasteiger partial charge in [-0.1, -0.05) is 27.5 Å². The molecule has 0 radical (unpaired) electrons. The predicted molar refractivity (Wildman–Crippen MR) is 90.9 cm³/mol. The lowest BCUT2D eigenvalue weighted by molar-refractivity contribution is 0.417. The average molecular weight is 364 g/mol. The Kier molecular flexibility index (Phi) is 3.74. The van der Waals surface area contributed by atoms with Crippen molar-refractivity contribution in [1.82, 2.24) is 4.98 Å². The summed E-state index contributed by atoms with van der Waals surface area (Å²) in [7, 11) is 1.64. The van der Waals surface area contributed by atoms with Crippen LogP contribution in [0.2, 0.25) is 5.02 Å². The highest BCUT2D eigenvalue weighted by Gasteiger charge is 2.16. The molecule has 0 atom stereocenters. The predicted octanol–water partition coefficient (Wildman–Crippen LogP) is 4.91. The number of hydrogen-bond acceptors (Lipinski definition) is 3. The van der Waals surface area contributed by atoms with E-state index < -0.39 is 0 Å². The van der Waals surface area contributed by atoms with Gasteiger partial charge in [0.05, 0.1) is 17.8 Å². The monoisotopic (exact) mass is 362 g/mol. The molecular formula is C16H12BrClN2O. The first kappa shape index (κ1) is 14.2. The fraction of sp³-hybridized carbons (Fsp3) is 0.0625. The van der Waals surface area contributed by atoms with Gasteiger partial charge in [-0.3, -0.25) is 4.98 Å². The third kappa shape index (κ3) is 2.45. The Labute approximate surface area is 135 Å². The summed E-state index contributed by atoms with van der Waals surface area (Å²) in [5, 5.41) is 2.59. The van der Waals surface area contributed by atoms with Crippen molar-refractivity contribution in [2.45, 2.75) is 0 Å². The van der Waals surface area contributed by atoms with Crippen LogP contribution in [0.15, 0.2) is 47.2 Å². The van der Waals surface area contributed by atoms with Gasteiger partial charge >= 0.3 is 0 Å². The van der Waals surface area contributed by atoms with Crippen LogP contribution in [0, 0.1) is 0 Å². The molecule has 106 valence electrons. The van der Waals surface area contributed by atoms with E-state index >= 15 is 0 Å². The van der Waals surface area contributed by atoms with Crippen LogP contribution in [-0.4, -0.2) is 12.1 Å². The SMILES string of the molecule is COc1cc2ccncc2cc1-c1c(Br)ccc(Cl)c1N. The van der Waals surface area contributed by atoms with Crippen molar-refractivity contribution in [1.29, 1.82) is 0 Å². The molecule has 0 saturated carbocycles. The Morgan fingerprint density at radius 2 is 2.00 bits per heavy atom. The first-order chi connectivity index (χ1) is 10.1. The van der Waals surface area contributed by atoms with E-state index in [1.54, 1.807) is 19.4 Å². The summed E-state index contributed by atoms with van der Waals surface area (Å²) < 4.78 is 6.38. The Bertz CT molecular complexity index is 836. The average Bonchev–Trinajstić information content (AvgIpc) is 2.50. The molecule has 0 aliphatic heterocycles. The van der Waals surface area contributed by atoms with Crippen molar-refractivity contribution in [2.24, 2.45) is 0 Å². The van der Waals surface area contributed by atoms with Crippen molar-refractivity contribution >= 4 is 44.0 Å². The van der Waals surface area contributed by atoms with Crippen LogP contribution in [0.1, 0.15) is 0 Å². The first-order valence-electron chi connectivity index (χ1n) is 6.27. The second kappa shape index (κ2) is 5.54. The highest BCUT2D eigenvalue weighted by Crippen LogP contribution is 2.43. The smallest absolute Gasteiger partial charge is 0.127 e. The van der Waals surface area contributed by atoms with Crippen LogP contribution in [0.3, 0.4) is 0 Å². The number of ether oxygens (including phenoxy) is 1. The molecule has 5 heteroatoms. The van der Waals surface area contributed by atoms with E-state index in [1.807, 2.05) is 30.5 Å². The molecule has 3 aromatic rings. The van der Waals surface area contributed by atoms with Crippen molar-refractivity contribution < 1.29 is 4.74 Å². The van der Waals surface area contributed by atoms with Gasteiger partial charge in [0.2, 0.25) is 0 Å². The van der Waals surface area contributed by atoms with Crippen molar-refractivity contribution in [3.8, 4) is 16.9 Å². The molecule has 0 spiro atoms. The van der Waals surface area contributed by atoms with Crippen LogP contribution in [0.4, 0.5) is 5.69 Å². The topological polar surface area (TPSA) is 48.1 Å². The number of hydrogen-bond donors (Lipinski definition) is 1. The summed E-state index contributed by atoms with van der Waals surface area (Å²) in [5.41, 5.74) is 8.37. The van der Waals surface area contributed by atoms with E-state index in [4.69, 9.17) is 22.1 Å². The second-order valence-electron chi connectivity index (χ2n) is 4.59. The second-order valence-corrected chi connectivity index (χ2v) is 5.85. The quantitative estimate of drug-likeness (QED) is 0.658. The summed E-state index contributed by atoms with van der Waals surface area (Å²) in [4.78, 5) is 4.16. The van der Waals surface area contributed by atoms with Gasteiger partial charge in [-0.15, -0.1) is 0 Å². The van der Waals surface area contributed by atoms with E-state index in [9.17, 15) is 0 Å². The zero-order valence-electron chi connectivity index (χ0n) is 11.2. The number of nitrogens with two attached hydrogens (primary N) is 1. The van der Waals surface area contributed by atoms with Crippen molar-refractivity contribution in [3.63, 3.8) is 0 Å². The minimum Gasteiger partial charge on any atom is -0.496 e. The number of aromatic nitrogens is 1. The van der Waals surface area contributed by atoms with Crippen LogP contribution >= 0.6 is 27.5 Å². The largest absolute Gasteiger partial charge is 0.496 e. The standard InChI is InChI=1S/C16H12BrClN2O/c1-21-14-7-9-4-5-20-8-10(9)6-11(14)15-12(17)2-3-13(18)16(15)19/h2-8H,19H2,1H3. The summed E-state index contributed by atoms with van der Waals surface area (Å²) in [5.74, 6) is 0.739. The zero-order valence-corrected chi connectivity index (χ0v) is 13.6. The summed E-state index contributed by atoms with van der Waals surface area (Å²) in [6.07, 6.45) is 3.57. The van der Waals surface area contributed by atoms with E-state index in [1.165, 1.54) is 0 Å². The number of halogens is 2. The lowest BCUT2D eigenvalue weighted by Crippen LogP contribution is -1.96. The molecule has 2 N–H and O–H groups in total. The minimum atomic E-state index is 0.515. The van der Waals surface area contributed by atoms with Gasteiger partial charge in [-0.05, 0) is 35.7 Å². The molecule has 2 aromatic carbocycles. The molecule has 0 bridgehead atoms. The lowest BCUT2D eigenvalue weighted by atomic mass is 9.99. The highest BCUT2D eigenvalue weighted by atomic mass is 79.9. The molecular weight excluding hydrogens is 352 g/mol. The molecule has 0 aliphatic rings. The fourth-order valence-electron chi connectivity index (χ4n) is 2.32. The number of fused-ring (bicyclic) bond motifs is 1. The molecule has 3 nitrogen and oxygen atoms in total. The normalized spacial score (nSPS) is 10.8. The third-order valence-corrected chi connectivity index (χ3v) is 4.36. The van der Waals surface area contributed by atoms with Crippen molar-refractivity contribution in [2.75, 3.05) is 12.8 Å². The summed E-state index contributed by atoms with van der Waals surface area (Å²) >= 11 is 9.69. The lowest BCUT2D eigenvalue weighted by Gasteiger charge is -2.15. The zero-order chi connectivity index (χ0) is 15.0. The maximum Gasteiger partial charge on any atom is 0.127 e. The number of nitrogens with zero attached hydrogens (tertiary/aromatic N) is 1. The molecule has 1 aromatic heterocycles. The number of anilines is 1. The maximum absolute atomic E-state index is 6.15. The summed E-state index contributed by atoms with van der Waals surface area (Å²) in [6, 6.07) is 9.56. The van der Waals surface area contributed by atoms with Crippen LogP contribution in [0.5, 0.6) is 5.75 Å². The van der Waals surface area contributed by atoms with Gasteiger partial charge in [0.1, 0.15) is 5.75 Å². The highest BCUT2D eigenvalue weighted by molar-refractivity contribution is 9.10. The van der Waals surface area contributed by atoms with E-state index in [-0.39, 0.29) is 0 Å². The number of benzene rings is 2. The van der Waals surface area contributed by atoms with Gasteiger partial charge < -0.3 is 10.5 Å². The molecule has 21 heavy (non-hydrogen) atoms. The molecule has 0 saturated heterocycles. The van der Waals surface area contributed by atoms with Gasteiger partial charge in [-0.25, -0.2) is 0 Å². The van der Waals surface area contributed by atoms with Crippen molar-refractivity contribution in [3.05, 3.63) is 52.2 Å². The molecule has 0 unspecified atom stereocenters. The van der Waals surface area contributed by atoms with E-state index in [0.717, 1.165) is 32.1 Å². The Morgan fingerprint density at radius 1 is 1.19 bits per heavy atom. The number of rotatable bonds is 2. The number of methoxy groups -OCH3 is 1. The Morgan fingerprint density at radius 3 is 2.76 bits per heavy atom. The number of nitrogen functional groups attached to an aromatic ring is 1. The van der Waals surface area contributed by atoms with E-state index in [2.05, 4.69) is 20.9 Å². The van der Waals surface area contributed by atoms with Gasteiger partial charge in [0.15, 0.2) is 0 Å². The number of pyridine rings is 1. The van der Waals surface area contributed by atoms with Crippen LogP contribution < -0.4 is 10.5 Å². The molecule has 0 amide bonds. The van der Waals surface area contributed by atoms with Crippen LogP contribution in [0.25, 0.3) is 21.9 Å². The van der Waals surface area contributed by atoms with Crippen LogP contribution in [-0.2, 0) is 0 Å². The Hall–Kier alpha value is -1.78. The molecule has 1 heterocycles. The molecule has 3 rings (SSSR count). The first-order valence-corrected chi connectivity index (χ1v) is 7.44. The maximum atomic E-state index is 6.15. The van der Waals surface area contributed by atoms with Gasteiger partial charge in [-0.2, -0.15) is 0 Å². The fourth-order valence-corrected chi connectivity index (χ4v) is 3.04. The third-order valence-electron chi connectivity index (χ3n) is 3.37. The van der Waals surface area contributed by atoms with E-state index in [0.29, 0.717) is 10.7 Å². The van der Waals surface area contributed by atoms with Gasteiger partial charge in [0.25, 0.3) is 0 Å².